The number of sulfone groups is 1. The number of carboxylic acids is 1. The molecule has 7 heteroatoms. The summed E-state index contributed by atoms with van der Waals surface area (Å²) in [5, 5.41) is 8.64. The molecule has 1 aromatic carbocycles. The molecule has 0 spiro atoms. The highest BCUT2D eigenvalue weighted by Gasteiger charge is 2.18. The zero-order chi connectivity index (χ0) is 13.2. The van der Waals surface area contributed by atoms with Crippen molar-refractivity contribution in [3.63, 3.8) is 0 Å². The van der Waals surface area contributed by atoms with Crippen LogP contribution in [0.15, 0.2) is 34.2 Å². The van der Waals surface area contributed by atoms with E-state index in [0.717, 1.165) is 12.1 Å². The van der Waals surface area contributed by atoms with Crippen molar-refractivity contribution < 1.29 is 18.3 Å². The molecule has 0 atom stereocenters. The Bertz CT molecular complexity index is 580. The maximum atomic E-state index is 11.8. The van der Waals surface area contributed by atoms with E-state index in [1.807, 2.05) is 0 Å². The predicted octanol–water partition coefficient (Wildman–Crippen LogP) is 2.72. The lowest BCUT2D eigenvalue weighted by atomic mass is 10.2. The number of benzene rings is 1. The van der Waals surface area contributed by atoms with Gasteiger partial charge in [-0.15, -0.1) is 0 Å². The minimum absolute atomic E-state index is 0.0342. The van der Waals surface area contributed by atoms with Crippen molar-refractivity contribution in [1.82, 2.24) is 0 Å². The van der Waals surface area contributed by atoms with Crippen molar-refractivity contribution in [1.29, 1.82) is 0 Å². The minimum Gasteiger partial charge on any atom is -0.478 e. The van der Waals surface area contributed by atoms with Crippen LogP contribution in [0, 0.1) is 0 Å². The molecule has 17 heavy (non-hydrogen) atoms. The van der Waals surface area contributed by atoms with Gasteiger partial charge in [-0.25, -0.2) is 13.2 Å². The summed E-state index contributed by atoms with van der Waals surface area (Å²) >= 11 is 8.65. The molecule has 0 saturated carbocycles. The highest BCUT2D eigenvalue weighted by Crippen LogP contribution is 2.23. The maximum absolute atomic E-state index is 11.8. The summed E-state index contributed by atoms with van der Waals surface area (Å²) in [6.07, 6.45) is 0. The van der Waals surface area contributed by atoms with Crippen LogP contribution in [-0.2, 0) is 9.84 Å². The second-order valence-electron chi connectivity index (χ2n) is 3.22. The molecule has 0 heterocycles. The smallest absolute Gasteiger partial charge is 0.337 e. The van der Waals surface area contributed by atoms with E-state index in [-0.39, 0.29) is 21.2 Å². The fourth-order valence-corrected chi connectivity index (χ4v) is 3.53. The third-order valence-electron chi connectivity index (χ3n) is 1.88. The predicted molar refractivity (Wildman–Crippen MR) is 68.5 cm³/mol. The first kappa shape index (κ1) is 14.2. The van der Waals surface area contributed by atoms with Gasteiger partial charge in [0.1, 0.15) is 0 Å². The van der Waals surface area contributed by atoms with Crippen molar-refractivity contribution in [2.45, 2.75) is 4.90 Å². The molecule has 1 aromatic rings. The van der Waals surface area contributed by atoms with Crippen molar-refractivity contribution in [2.75, 3.05) is 5.75 Å². The Labute approximate surface area is 112 Å². The van der Waals surface area contributed by atoms with E-state index in [9.17, 15) is 13.2 Å². The zero-order valence-electron chi connectivity index (χ0n) is 8.48. The fraction of sp³-hybridized carbons (Fsp3) is 0.100. The van der Waals surface area contributed by atoms with Gasteiger partial charge in [-0.1, -0.05) is 34.1 Å². The van der Waals surface area contributed by atoms with Gasteiger partial charge < -0.3 is 5.11 Å². The molecule has 0 bridgehead atoms. The Balaban J connectivity index is 3.23. The quantitative estimate of drug-likeness (QED) is 0.915. The molecule has 0 aliphatic carbocycles. The molecule has 0 aliphatic rings. The Hall–Kier alpha value is -0.850. The Morgan fingerprint density at radius 2 is 2.06 bits per heavy atom. The molecule has 0 unspecified atom stereocenters. The summed E-state index contributed by atoms with van der Waals surface area (Å²) in [6.45, 7) is 3.44. The van der Waals surface area contributed by atoms with Gasteiger partial charge in [0.05, 0.1) is 21.2 Å². The van der Waals surface area contributed by atoms with Gasteiger partial charge in [0.25, 0.3) is 0 Å². The standard InChI is InChI=1S/C10H8BrClO4S/c1-6(11)5-17(15,16)7-2-3-8(10(13)14)9(12)4-7/h2-4H,1,5H2,(H,13,14). The van der Waals surface area contributed by atoms with Gasteiger partial charge in [-0.2, -0.15) is 0 Å². The molecular formula is C10H8BrClO4S. The van der Waals surface area contributed by atoms with E-state index in [4.69, 9.17) is 16.7 Å². The first-order chi connectivity index (χ1) is 7.74. The Morgan fingerprint density at radius 1 is 1.47 bits per heavy atom. The summed E-state index contributed by atoms with van der Waals surface area (Å²) in [5.74, 6) is -1.47. The first-order valence-electron chi connectivity index (χ1n) is 4.33. The topological polar surface area (TPSA) is 71.4 Å². The van der Waals surface area contributed by atoms with E-state index >= 15 is 0 Å². The highest BCUT2D eigenvalue weighted by molar-refractivity contribution is 9.11. The van der Waals surface area contributed by atoms with Crippen LogP contribution in [0.2, 0.25) is 5.02 Å². The molecule has 92 valence electrons. The second kappa shape index (κ2) is 5.20. The Morgan fingerprint density at radius 3 is 2.47 bits per heavy atom. The molecule has 0 fully saturated rings. The third-order valence-corrected chi connectivity index (χ3v) is 4.54. The lowest BCUT2D eigenvalue weighted by molar-refractivity contribution is 0.0697. The van der Waals surface area contributed by atoms with E-state index in [1.54, 1.807) is 0 Å². The summed E-state index contributed by atoms with van der Waals surface area (Å²) in [5.41, 5.74) is -0.136. The second-order valence-corrected chi connectivity index (χ2v) is 6.74. The van der Waals surface area contributed by atoms with Crippen LogP contribution >= 0.6 is 27.5 Å². The highest BCUT2D eigenvalue weighted by atomic mass is 79.9. The van der Waals surface area contributed by atoms with Crippen LogP contribution in [0.3, 0.4) is 0 Å². The number of hydrogen-bond donors (Lipinski definition) is 1. The van der Waals surface area contributed by atoms with Crippen molar-refractivity contribution >= 4 is 43.3 Å². The maximum Gasteiger partial charge on any atom is 0.337 e. The monoisotopic (exact) mass is 338 g/mol. The number of aromatic carboxylic acids is 1. The van der Waals surface area contributed by atoms with Crippen LogP contribution in [-0.4, -0.2) is 25.2 Å². The molecule has 0 radical (unpaired) electrons. The zero-order valence-corrected chi connectivity index (χ0v) is 11.6. The molecule has 1 N–H and O–H groups in total. The molecule has 0 aliphatic heterocycles. The number of carbonyl (C=O) groups is 1. The van der Waals surface area contributed by atoms with Gasteiger partial charge in [-0.3, -0.25) is 0 Å². The third kappa shape index (κ3) is 3.55. The fourth-order valence-electron chi connectivity index (χ4n) is 1.15. The number of halogens is 2. The van der Waals surface area contributed by atoms with E-state index in [2.05, 4.69) is 22.5 Å². The summed E-state index contributed by atoms with van der Waals surface area (Å²) in [7, 11) is -3.55. The summed E-state index contributed by atoms with van der Waals surface area (Å²) in [4.78, 5) is 10.7. The number of rotatable bonds is 4. The molecule has 0 amide bonds. The van der Waals surface area contributed by atoms with Gasteiger partial charge in [0, 0.05) is 4.48 Å². The Kier molecular flexibility index (Phi) is 4.35. The van der Waals surface area contributed by atoms with Gasteiger partial charge in [0.15, 0.2) is 9.84 Å². The van der Waals surface area contributed by atoms with Gasteiger partial charge in [0.2, 0.25) is 0 Å². The van der Waals surface area contributed by atoms with Crippen LogP contribution in [0.25, 0.3) is 0 Å². The number of hydrogen-bond acceptors (Lipinski definition) is 3. The van der Waals surface area contributed by atoms with Crippen LogP contribution in [0.4, 0.5) is 0 Å². The SMILES string of the molecule is C=C(Br)CS(=O)(=O)c1ccc(C(=O)O)c(Cl)c1. The van der Waals surface area contributed by atoms with E-state index in [0.29, 0.717) is 4.48 Å². The summed E-state index contributed by atoms with van der Waals surface area (Å²) in [6, 6.07) is 3.49. The largest absolute Gasteiger partial charge is 0.478 e. The van der Waals surface area contributed by atoms with Crippen LogP contribution in [0.5, 0.6) is 0 Å². The van der Waals surface area contributed by atoms with Crippen molar-refractivity contribution in [2.24, 2.45) is 0 Å². The molecule has 0 aromatic heterocycles. The molecule has 1 rings (SSSR count). The molecular weight excluding hydrogens is 332 g/mol. The average Bonchev–Trinajstić information content (AvgIpc) is 2.14. The van der Waals surface area contributed by atoms with Crippen molar-refractivity contribution in [3.8, 4) is 0 Å². The van der Waals surface area contributed by atoms with E-state index < -0.39 is 15.8 Å². The lowest BCUT2D eigenvalue weighted by Gasteiger charge is -2.05. The molecule has 0 saturated heterocycles. The lowest BCUT2D eigenvalue weighted by Crippen LogP contribution is -2.07. The van der Waals surface area contributed by atoms with E-state index in [1.165, 1.54) is 6.07 Å². The minimum atomic E-state index is -3.55. The number of carboxylic acid groups (broad SMARTS) is 1. The first-order valence-corrected chi connectivity index (χ1v) is 7.15. The average molecular weight is 340 g/mol. The molecule has 4 nitrogen and oxygen atoms in total. The van der Waals surface area contributed by atoms with Gasteiger partial charge >= 0.3 is 5.97 Å². The normalized spacial score (nSPS) is 11.2. The van der Waals surface area contributed by atoms with Crippen LogP contribution in [0.1, 0.15) is 10.4 Å². The summed E-state index contributed by atoms with van der Waals surface area (Å²) < 4.78 is 23.9. The van der Waals surface area contributed by atoms with Crippen molar-refractivity contribution in [3.05, 3.63) is 39.8 Å². The van der Waals surface area contributed by atoms with Crippen LogP contribution < -0.4 is 0 Å². The van der Waals surface area contributed by atoms with Gasteiger partial charge in [-0.05, 0) is 18.2 Å².